The van der Waals surface area contributed by atoms with Crippen molar-refractivity contribution in [3.05, 3.63) is 56.2 Å². The summed E-state index contributed by atoms with van der Waals surface area (Å²) in [5.41, 5.74) is 14.9. The van der Waals surface area contributed by atoms with Crippen molar-refractivity contribution in [1.82, 2.24) is 4.98 Å². The number of rotatable bonds is 8. The van der Waals surface area contributed by atoms with Crippen molar-refractivity contribution in [2.45, 2.75) is 93.9 Å². The molecule has 0 saturated carbocycles. The molecule has 0 fully saturated rings. The van der Waals surface area contributed by atoms with E-state index in [0.29, 0.717) is 0 Å². The summed E-state index contributed by atoms with van der Waals surface area (Å²) in [4.78, 5) is 14.9. The Bertz CT molecular complexity index is 979. The van der Waals surface area contributed by atoms with E-state index in [2.05, 4.69) is 95.5 Å². The molecule has 0 aromatic carbocycles. The molecule has 1 aromatic rings. The number of nitrogens with zero attached hydrogens (tertiary/aromatic N) is 3. The van der Waals surface area contributed by atoms with Gasteiger partial charge in [0.1, 0.15) is 0 Å². The van der Waals surface area contributed by atoms with Crippen LogP contribution in [0.3, 0.4) is 0 Å². The summed E-state index contributed by atoms with van der Waals surface area (Å²) in [5, 5.41) is 0. The van der Waals surface area contributed by atoms with Crippen LogP contribution < -0.4 is 4.98 Å². The van der Waals surface area contributed by atoms with Crippen LogP contribution in [0.4, 0.5) is 0 Å². The van der Waals surface area contributed by atoms with Gasteiger partial charge >= 0.3 is 27.9 Å². The van der Waals surface area contributed by atoms with E-state index in [1.165, 1.54) is 33.4 Å². The molecule has 1 aromatic heterocycles. The SMILES string of the molecule is CCC1=C(CC)C(C)=NC1=Cc1[n-]c(C=C2N=C(C)C(CC)=C2CC)c(CC)c1CC.[Ni][Br]. The number of aliphatic imine (C=N–C) groups is 2. The number of allylic oxidation sites excluding steroid dienone is 4. The zero-order valence-corrected chi connectivity index (χ0v) is 24.0. The third-order valence-electron chi connectivity index (χ3n) is 6.69. The Balaban J connectivity index is 0.00000187. The predicted octanol–water partition coefficient (Wildman–Crippen LogP) is 8.48. The zero-order chi connectivity index (χ0) is 24.7. The number of hydrogen-bond acceptors (Lipinski definition) is 2. The molecule has 3 nitrogen and oxygen atoms in total. The van der Waals surface area contributed by atoms with Gasteiger partial charge in [0.2, 0.25) is 0 Å². The molecule has 2 aliphatic rings. The second-order valence-corrected chi connectivity index (χ2v) is 8.33. The van der Waals surface area contributed by atoms with Gasteiger partial charge in [-0.15, -0.1) is 11.4 Å². The summed E-state index contributed by atoms with van der Waals surface area (Å²) in [6.45, 7) is 17.6. The van der Waals surface area contributed by atoms with Gasteiger partial charge in [-0.1, -0.05) is 64.8 Å². The standard InChI is InChI=1S/C28H38N3.BrH.Ni/c1-9-19-17(7)29-25(21(19)11-3)15-27-23(13-5)24(14-6)28(31-27)16-26-22(12-4)20(10-2)18(8)30-26;;/h15-16H,9-14H2,1-8H3;1H;/q-1;;+1/p-1. The van der Waals surface area contributed by atoms with Gasteiger partial charge in [-0.2, -0.15) is 0 Å². The van der Waals surface area contributed by atoms with Gasteiger partial charge < -0.3 is 4.98 Å². The first-order valence-electron chi connectivity index (χ1n) is 12.2. The van der Waals surface area contributed by atoms with Crippen LogP contribution in [0.5, 0.6) is 0 Å². The van der Waals surface area contributed by atoms with Crippen molar-refractivity contribution in [2.24, 2.45) is 9.98 Å². The first kappa shape index (κ1) is 27.8. The fraction of sp³-hybridized carbons (Fsp3) is 0.500. The molecule has 0 atom stereocenters. The Labute approximate surface area is 215 Å². The van der Waals surface area contributed by atoms with Crippen LogP contribution in [0.25, 0.3) is 12.2 Å². The summed E-state index contributed by atoms with van der Waals surface area (Å²) >= 11 is 6.25. The van der Waals surface area contributed by atoms with Gasteiger partial charge in [0.25, 0.3) is 0 Å². The molecule has 3 rings (SSSR count). The molecule has 0 unspecified atom stereocenters. The molecular weight excluding hydrogens is 517 g/mol. The first-order chi connectivity index (χ1) is 15.9. The predicted molar refractivity (Wildman–Crippen MR) is 145 cm³/mol. The fourth-order valence-electron chi connectivity index (χ4n) is 5.20. The van der Waals surface area contributed by atoms with E-state index >= 15 is 0 Å². The summed E-state index contributed by atoms with van der Waals surface area (Å²) < 4.78 is 0. The molecule has 183 valence electrons. The van der Waals surface area contributed by atoms with Gasteiger partial charge in [0.05, 0.1) is 11.4 Å². The quantitative estimate of drug-likeness (QED) is 0.297. The van der Waals surface area contributed by atoms with E-state index in [1.54, 1.807) is 0 Å². The molecule has 2 aliphatic heterocycles. The monoisotopic (exact) mass is 553 g/mol. The third-order valence-corrected chi connectivity index (χ3v) is 6.69. The van der Waals surface area contributed by atoms with Crippen LogP contribution in [0.2, 0.25) is 0 Å². The molecule has 5 heteroatoms. The minimum absolute atomic E-state index is 0.978. The van der Waals surface area contributed by atoms with E-state index < -0.39 is 0 Å². The van der Waals surface area contributed by atoms with Crippen molar-refractivity contribution in [1.29, 1.82) is 0 Å². The van der Waals surface area contributed by atoms with Crippen molar-refractivity contribution in [3.63, 3.8) is 0 Å². The average Bonchev–Trinajstić information content (AvgIpc) is 3.43. The summed E-state index contributed by atoms with van der Waals surface area (Å²) in [7, 11) is 0. The maximum atomic E-state index is 5.13. The number of aromatic nitrogens is 1. The normalized spacial score (nSPS) is 18.4. The van der Waals surface area contributed by atoms with Gasteiger partial charge in [-0.05, 0) is 74.7 Å². The number of hydrogen-bond donors (Lipinski definition) is 0. The van der Waals surface area contributed by atoms with Gasteiger partial charge in [0.15, 0.2) is 0 Å². The Hall–Kier alpha value is -1.45. The van der Waals surface area contributed by atoms with Crippen LogP contribution in [0.15, 0.2) is 43.7 Å². The molecule has 3 heterocycles. The van der Waals surface area contributed by atoms with E-state index in [-0.39, 0.29) is 0 Å². The van der Waals surface area contributed by atoms with Gasteiger partial charge in [0, 0.05) is 11.4 Å². The average molecular weight is 555 g/mol. The maximum absolute atomic E-state index is 5.13. The van der Waals surface area contributed by atoms with E-state index in [1.807, 2.05) is 0 Å². The van der Waals surface area contributed by atoms with Crippen LogP contribution in [0, 0.1) is 0 Å². The van der Waals surface area contributed by atoms with Gasteiger partial charge in [-0.3, -0.25) is 9.98 Å². The van der Waals surface area contributed by atoms with Crippen molar-refractivity contribution < 1.29 is 13.7 Å². The Morgan fingerprint density at radius 1 is 0.606 bits per heavy atom. The molecule has 0 amide bonds. The van der Waals surface area contributed by atoms with Crippen molar-refractivity contribution >= 4 is 37.8 Å². The Morgan fingerprint density at radius 3 is 1.21 bits per heavy atom. The van der Waals surface area contributed by atoms with E-state index in [4.69, 9.17) is 15.0 Å². The topological polar surface area (TPSA) is 38.8 Å². The third kappa shape index (κ3) is 5.62. The molecule has 33 heavy (non-hydrogen) atoms. The molecule has 0 spiro atoms. The van der Waals surface area contributed by atoms with Crippen molar-refractivity contribution in [3.8, 4) is 0 Å². The molecule has 0 saturated heterocycles. The van der Waals surface area contributed by atoms with Crippen LogP contribution in [-0.4, -0.2) is 11.4 Å². The molecular formula is C28H38BrN3Ni-. The van der Waals surface area contributed by atoms with E-state index in [9.17, 15) is 0 Å². The second-order valence-electron chi connectivity index (χ2n) is 8.33. The Morgan fingerprint density at radius 2 is 0.939 bits per heavy atom. The fourth-order valence-corrected chi connectivity index (χ4v) is 5.20. The van der Waals surface area contributed by atoms with Crippen LogP contribution in [-0.2, 0) is 26.5 Å². The van der Waals surface area contributed by atoms with Crippen LogP contribution >= 0.6 is 14.2 Å². The van der Waals surface area contributed by atoms with E-state index in [0.717, 1.165) is 72.7 Å². The van der Waals surface area contributed by atoms with Crippen LogP contribution in [0.1, 0.15) is 104 Å². The first-order valence-corrected chi connectivity index (χ1v) is 14.7. The molecule has 0 bridgehead atoms. The number of halogens is 1. The Kier molecular flexibility index (Phi) is 10.8. The van der Waals surface area contributed by atoms with Gasteiger partial charge in [-0.25, -0.2) is 0 Å². The zero-order valence-electron chi connectivity index (χ0n) is 21.4. The molecule has 0 aliphatic carbocycles. The molecule has 0 radical (unpaired) electrons. The summed E-state index contributed by atoms with van der Waals surface area (Å²) in [6, 6.07) is 0. The summed E-state index contributed by atoms with van der Waals surface area (Å²) in [5.74, 6) is 0. The molecule has 0 N–H and O–H groups in total. The second kappa shape index (κ2) is 12.9. The minimum atomic E-state index is 0.978. The van der Waals surface area contributed by atoms with Crippen molar-refractivity contribution in [2.75, 3.05) is 0 Å². The summed E-state index contributed by atoms with van der Waals surface area (Å²) in [6.07, 6.45) is 10.5.